The second kappa shape index (κ2) is 4.77. The summed E-state index contributed by atoms with van der Waals surface area (Å²) in [5.74, 6) is 0.671. The molecular weight excluding hydrogens is 312 g/mol. The van der Waals surface area contributed by atoms with Crippen molar-refractivity contribution in [3.05, 3.63) is 24.3 Å². The molecule has 2 aliphatic rings. The number of nitrogens with two attached hydrogens (primary N) is 1. The molecule has 0 spiro atoms. The maximum atomic E-state index is 12.2. The number of nitrogens with one attached hydrogen (secondary N) is 1. The molecule has 1 aromatic rings. The van der Waals surface area contributed by atoms with Gasteiger partial charge >= 0.3 is 0 Å². The minimum Gasteiger partial charge on any atom is -0.225 e. The Morgan fingerprint density at radius 2 is 1.57 bits per heavy atom. The van der Waals surface area contributed by atoms with Crippen molar-refractivity contribution in [3.63, 3.8) is 0 Å². The van der Waals surface area contributed by atoms with Crippen molar-refractivity contribution in [2.45, 2.75) is 35.5 Å². The van der Waals surface area contributed by atoms with E-state index in [0.29, 0.717) is 12.5 Å². The SMILES string of the molecule is NS(=O)(=O)c1ccc(S(=O)(=O)NCC2(C3CC3)CC2)cc1. The summed E-state index contributed by atoms with van der Waals surface area (Å²) >= 11 is 0. The first kappa shape index (κ1) is 15.0. The van der Waals surface area contributed by atoms with Gasteiger partial charge in [0.1, 0.15) is 0 Å². The molecule has 0 atom stereocenters. The van der Waals surface area contributed by atoms with E-state index in [2.05, 4.69) is 4.72 Å². The first-order chi connectivity index (χ1) is 9.73. The van der Waals surface area contributed by atoms with Gasteiger partial charge in [0, 0.05) is 6.54 Å². The Bertz CT molecular complexity index is 746. The van der Waals surface area contributed by atoms with E-state index in [1.54, 1.807) is 0 Å². The standard InChI is InChI=1S/C13H18N2O4S2/c14-20(16,17)11-3-5-12(6-4-11)21(18,19)15-9-13(7-8-13)10-1-2-10/h3-6,10,15H,1-2,7-9H2,(H2,14,16,17). The fourth-order valence-electron chi connectivity index (χ4n) is 2.72. The molecule has 21 heavy (non-hydrogen) atoms. The lowest BCUT2D eigenvalue weighted by Crippen LogP contribution is -2.31. The number of rotatable bonds is 6. The lowest BCUT2D eigenvalue weighted by Gasteiger charge is -2.15. The van der Waals surface area contributed by atoms with E-state index < -0.39 is 20.0 Å². The van der Waals surface area contributed by atoms with Crippen LogP contribution in [0.3, 0.4) is 0 Å². The molecule has 0 amide bonds. The van der Waals surface area contributed by atoms with E-state index in [-0.39, 0.29) is 15.2 Å². The fourth-order valence-corrected chi connectivity index (χ4v) is 4.37. The quantitative estimate of drug-likeness (QED) is 0.804. The third-order valence-corrected chi connectivity index (χ3v) is 6.76. The van der Waals surface area contributed by atoms with Crippen molar-refractivity contribution < 1.29 is 16.8 Å². The van der Waals surface area contributed by atoms with E-state index >= 15 is 0 Å². The van der Waals surface area contributed by atoms with Gasteiger partial charge in [-0.3, -0.25) is 0 Å². The van der Waals surface area contributed by atoms with Gasteiger partial charge in [0.25, 0.3) is 0 Å². The largest absolute Gasteiger partial charge is 0.240 e. The van der Waals surface area contributed by atoms with Crippen LogP contribution in [-0.4, -0.2) is 23.4 Å². The number of hydrogen-bond donors (Lipinski definition) is 2. The van der Waals surface area contributed by atoms with E-state index in [1.807, 2.05) is 0 Å². The lowest BCUT2D eigenvalue weighted by atomic mass is 10.0. The predicted molar refractivity (Wildman–Crippen MR) is 77.4 cm³/mol. The number of benzene rings is 1. The van der Waals surface area contributed by atoms with Crippen molar-refractivity contribution >= 4 is 20.0 Å². The Hall–Kier alpha value is -0.960. The second-order valence-corrected chi connectivity index (χ2v) is 9.31. The third kappa shape index (κ3) is 3.13. The molecule has 2 saturated carbocycles. The van der Waals surface area contributed by atoms with Crippen LogP contribution in [0.1, 0.15) is 25.7 Å². The van der Waals surface area contributed by atoms with Gasteiger partial charge in [-0.15, -0.1) is 0 Å². The van der Waals surface area contributed by atoms with Crippen LogP contribution >= 0.6 is 0 Å². The van der Waals surface area contributed by atoms with Crippen molar-refractivity contribution in [1.29, 1.82) is 0 Å². The van der Waals surface area contributed by atoms with Gasteiger partial charge in [0.05, 0.1) is 9.79 Å². The Balaban J connectivity index is 1.72. The highest BCUT2D eigenvalue weighted by molar-refractivity contribution is 7.89. The van der Waals surface area contributed by atoms with E-state index in [1.165, 1.54) is 37.1 Å². The van der Waals surface area contributed by atoms with Crippen LogP contribution in [0.25, 0.3) is 0 Å². The molecule has 116 valence electrons. The molecule has 0 radical (unpaired) electrons. The molecule has 0 unspecified atom stereocenters. The van der Waals surface area contributed by atoms with Crippen molar-refractivity contribution in [2.75, 3.05) is 6.54 Å². The smallest absolute Gasteiger partial charge is 0.225 e. The summed E-state index contributed by atoms with van der Waals surface area (Å²) in [7, 11) is -7.42. The Kier molecular flexibility index (Phi) is 3.40. The highest BCUT2D eigenvalue weighted by Gasteiger charge is 2.53. The molecule has 2 aliphatic carbocycles. The maximum Gasteiger partial charge on any atom is 0.240 e. The van der Waals surface area contributed by atoms with Crippen LogP contribution < -0.4 is 9.86 Å². The van der Waals surface area contributed by atoms with Crippen LogP contribution in [0.2, 0.25) is 0 Å². The molecule has 0 bridgehead atoms. The van der Waals surface area contributed by atoms with Gasteiger partial charge in [0.2, 0.25) is 20.0 Å². The zero-order valence-electron chi connectivity index (χ0n) is 11.4. The lowest BCUT2D eigenvalue weighted by molar-refractivity contribution is 0.432. The van der Waals surface area contributed by atoms with Crippen LogP contribution in [-0.2, 0) is 20.0 Å². The summed E-state index contributed by atoms with van der Waals surface area (Å²) in [5.41, 5.74) is 0.174. The van der Waals surface area contributed by atoms with Gasteiger partial charge < -0.3 is 0 Å². The third-order valence-electron chi connectivity index (χ3n) is 4.41. The average Bonchev–Trinajstić information content (AvgIpc) is 3.26. The molecule has 0 aromatic heterocycles. The predicted octanol–water partition coefficient (Wildman–Crippen LogP) is 0.802. The first-order valence-corrected chi connectivity index (χ1v) is 9.88. The Morgan fingerprint density at radius 1 is 1.05 bits per heavy atom. The highest BCUT2D eigenvalue weighted by atomic mass is 32.2. The zero-order chi connectivity index (χ0) is 15.3. The molecular formula is C13H18N2O4S2. The number of sulfonamides is 2. The van der Waals surface area contributed by atoms with Crippen molar-refractivity contribution in [3.8, 4) is 0 Å². The molecule has 3 rings (SSSR count). The van der Waals surface area contributed by atoms with Crippen LogP contribution in [0.5, 0.6) is 0 Å². The molecule has 2 fully saturated rings. The van der Waals surface area contributed by atoms with Gasteiger partial charge in [-0.05, 0) is 61.3 Å². The minimum atomic E-state index is -3.81. The minimum absolute atomic E-state index is 0.0569. The summed E-state index contributed by atoms with van der Waals surface area (Å²) in [6.07, 6.45) is 4.57. The first-order valence-electron chi connectivity index (χ1n) is 6.86. The van der Waals surface area contributed by atoms with Gasteiger partial charge in [-0.1, -0.05) is 0 Å². The highest BCUT2D eigenvalue weighted by Crippen LogP contribution is 2.60. The molecule has 0 saturated heterocycles. The van der Waals surface area contributed by atoms with Crippen LogP contribution in [0, 0.1) is 11.3 Å². The molecule has 0 heterocycles. The molecule has 3 N–H and O–H groups in total. The summed E-state index contributed by atoms with van der Waals surface area (Å²) in [6, 6.07) is 4.94. The molecule has 1 aromatic carbocycles. The van der Waals surface area contributed by atoms with E-state index in [4.69, 9.17) is 5.14 Å². The Labute approximate surface area is 124 Å². The Morgan fingerprint density at radius 3 is 2.00 bits per heavy atom. The summed E-state index contributed by atoms with van der Waals surface area (Å²) < 4.78 is 49.4. The van der Waals surface area contributed by atoms with Crippen molar-refractivity contribution in [2.24, 2.45) is 16.5 Å². The molecule has 0 aliphatic heterocycles. The maximum absolute atomic E-state index is 12.2. The van der Waals surface area contributed by atoms with Crippen LogP contribution in [0.15, 0.2) is 34.1 Å². The molecule has 6 nitrogen and oxygen atoms in total. The van der Waals surface area contributed by atoms with Gasteiger partial charge in [-0.2, -0.15) is 0 Å². The number of primary sulfonamides is 1. The van der Waals surface area contributed by atoms with Crippen LogP contribution in [0.4, 0.5) is 0 Å². The normalized spacial score (nSPS) is 21.2. The molecule has 8 heteroatoms. The van der Waals surface area contributed by atoms with Gasteiger partial charge in [0.15, 0.2) is 0 Å². The van der Waals surface area contributed by atoms with E-state index in [9.17, 15) is 16.8 Å². The van der Waals surface area contributed by atoms with Crippen molar-refractivity contribution in [1.82, 2.24) is 4.72 Å². The monoisotopic (exact) mass is 330 g/mol. The second-order valence-electron chi connectivity index (χ2n) is 5.98. The number of hydrogen-bond acceptors (Lipinski definition) is 4. The average molecular weight is 330 g/mol. The fraction of sp³-hybridized carbons (Fsp3) is 0.538. The summed E-state index contributed by atoms with van der Waals surface area (Å²) in [5, 5.41) is 4.99. The zero-order valence-corrected chi connectivity index (χ0v) is 13.1. The summed E-state index contributed by atoms with van der Waals surface area (Å²) in [6.45, 7) is 0.469. The van der Waals surface area contributed by atoms with E-state index in [0.717, 1.165) is 12.8 Å². The van der Waals surface area contributed by atoms with Gasteiger partial charge in [-0.25, -0.2) is 26.7 Å². The topological polar surface area (TPSA) is 106 Å². The summed E-state index contributed by atoms with van der Waals surface area (Å²) in [4.78, 5) is -0.0420.